The van der Waals surface area contributed by atoms with Crippen molar-refractivity contribution in [1.29, 1.82) is 0 Å². The van der Waals surface area contributed by atoms with Gasteiger partial charge in [-0.05, 0) is 38.1 Å². The number of carbonyl (C=O) groups excluding carboxylic acids is 1. The van der Waals surface area contributed by atoms with E-state index in [1.807, 2.05) is 38.1 Å². The van der Waals surface area contributed by atoms with Gasteiger partial charge in [-0.2, -0.15) is 5.10 Å². The molecule has 1 N–H and O–H groups in total. The third-order valence-corrected chi connectivity index (χ3v) is 3.59. The van der Waals surface area contributed by atoms with Gasteiger partial charge in [0, 0.05) is 9.75 Å². The molecule has 0 aliphatic heterocycles. The highest BCUT2D eigenvalue weighted by Crippen LogP contribution is 2.26. The number of aryl methyl sites for hydroxylation is 1. The molecular weight excluding hydrogens is 300 g/mol. The van der Waals surface area contributed by atoms with Gasteiger partial charge in [-0.3, -0.25) is 4.79 Å². The predicted molar refractivity (Wildman–Crippen MR) is 87.9 cm³/mol. The maximum Gasteiger partial charge on any atom is 0.277 e. The monoisotopic (exact) mass is 318 g/mol. The minimum Gasteiger partial charge on any atom is -0.490 e. The van der Waals surface area contributed by atoms with Gasteiger partial charge in [-0.15, -0.1) is 11.3 Å². The Kier molecular flexibility index (Phi) is 5.97. The van der Waals surface area contributed by atoms with Crippen LogP contribution in [0.15, 0.2) is 41.5 Å². The van der Waals surface area contributed by atoms with Crippen molar-refractivity contribution in [2.24, 2.45) is 5.10 Å². The van der Waals surface area contributed by atoms with Crippen molar-refractivity contribution >= 4 is 23.5 Å². The lowest BCUT2D eigenvalue weighted by Crippen LogP contribution is -2.24. The fourth-order valence-corrected chi connectivity index (χ4v) is 2.46. The third kappa shape index (κ3) is 4.89. The molecule has 1 heterocycles. The minimum atomic E-state index is -0.323. The number of rotatable bonds is 7. The molecule has 5 nitrogen and oxygen atoms in total. The van der Waals surface area contributed by atoms with Gasteiger partial charge in [-0.25, -0.2) is 5.43 Å². The summed E-state index contributed by atoms with van der Waals surface area (Å²) in [5.74, 6) is 0.837. The van der Waals surface area contributed by atoms with E-state index in [-0.39, 0.29) is 12.5 Å². The SMILES string of the molecule is CCOc1ccccc1OCC(=O)N/N=C\c1ccc(C)s1. The van der Waals surface area contributed by atoms with Crippen molar-refractivity contribution in [1.82, 2.24) is 5.43 Å². The van der Waals surface area contributed by atoms with Crippen molar-refractivity contribution in [2.75, 3.05) is 13.2 Å². The van der Waals surface area contributed by atoms with Gasteiger partial charge < -0.3 is 9.47 Å². The standard InChI is InChI=1S/C16H18N2O3S/c1-3-20-14-6-4-5-7-15(14)21-11-16(19)18-17-10-13-9-8-12(2)22-13/h4-10H,3,11H2,1-2H3,(H,18,19)/b17-10-. The number of amides is 1. The average molecular weight is 318 g/mol. The summed E-state index contributed by atoms with van der Waals surface area (Å²) in [5, 5.41) is 3.90. The van der Waals surface area contributed by atoms with Crippen LogP contribution in [0.2, 0.25) is 0 Å². The quantitative estimate of drug-likeness (QED) is 0.630. The Labute approximate surface area is 133 Å². The number of hydrogen-bond acceptors (Lipinski definition) is 5. The highest BCUT2D eigenvalue weighted by Gasteiger charge is 2.06. The fourth-order valence-electron chi connectivity index (χ4n) is 1.71. The molecule has 2 aromatic rings. The lowest BCUT2D eigenvalue weighted by atomic mass is 10.3. The number of para-hydroxylation sites is 2. The first-order valence-corrected chi connectivity index (χ1v) is 7.73. The summed E-state index contributed by atoms with van der Waals surface area (Å²) in [6.07, 6.45) is 1.61. The first-order valence-electron chi connectivity index (χ1n) is 6.92. The smallest absolute Gasteiger partial charge is 0.277 e. The van der Waals surface area contributed by atoms with Crippen LogP contribution in [0.5, 0.6) is 11.5 Å². The molecule has 0 saturated carbocycles. The number of thiophene rings is 1. The topological polar surface area (TPSA) is 59.9 Å². The van der Waals surface area contributed by atoms with Crippen molar-refractivity contribution in [3.05, 3.63) is 46.2 Å². The summed E-state index contributed by atoms with van der Waals surface area (Å²) in [6.45, 7) is 4.33. The normalized spacial score (nSPS) is 10.6. The molecule has 6 heteroatoms. The van der Waals surface area contributed by atoms with E-state index < -0.39 is 0 Å². The first-order chi connectivity index (χ1) is 10.7. The van der Waals surface area contributed by atoms with Gasteiger partial charge in [0.05, 0.1) is 12.8 Å². The van der Waals surface area contributed by atoms with E-state index in [1.54, 1.807) is 29.7 Å². The molecule has 2 rings (SSSR count). The van der Waals surface area contributed by atoms with E-state index in [1.165, 1.54) is 4.88 Å². The zero-order valence-electron chi connectivity index (χ0n) is 12.5. The molecule has 0 saturated heterocycles. The fraction of sp³-hybridized carbons (Fsp3) is 0.250. The van der Waals surface area contributed by atoms with E-state index in [0.717, 1.165) is 4.88 Å². The van der Waals surface area contributed by atoms with Crippen LogP contribution in [0.1, 0.15) is 16.7 Å². The van der Waals surface area contributed by atoms with Crippen LogP contribution < -0.4 is 14.9 Å². The summed E-state index contributed by atoms with van der Waals surface area (Å²) < 4.78 is 10.9. The van der Waals surface area contributed by atoms with Crippen LogP contribution in [0.4, 0.5) is 0 Å². The number of ether oxygens (including phenoxy) is 2. The maximum absolute atomic E-state index is 11.7. The van der Waals surface area contributed by atoms with E-state index in [4.69, 9.17) is 9.47 Å². The summed E-state index contributed by atoms with van der Waals surface area (Å²) >= 11 is 1.61. The molecule has 22 heavy (non-hydrogen) atoms. The van der Waals surface area contributed by atoms with Gasteiger partial charge in [0.25, 0.3) is 5.91 Å². The highest BCUT2D eigenvalue weighted by atomic mass is 32.1. The number of carbonyl (C=O) groups is 1. The van der Waals surface area contributed by atoms with Crippen molar-refractivity contribution in [2.45, 2.75) is 13.8 Å². The van der Waals surface area contributed by atoms with Gasteiger partial charge in [0.1, 0.15) is 0 Å². The highest BCUT2D eigenvalue weighted by molar-refractivity contribution is 7.13. The molecule has 0 bridgehead atoms. The Morgan fingerprint density at radius 1 is 1.23 bits per heavy atom. The lowest BCUT2D eigenvalue weighted by molar-refractivity contribution is -0.123. The second kappa shape index (κ2) is 8.19. The number of hydrazone groups is 1. The molecule has 0 fully saturated rings. The summed E-state index contributed by atoms with van der Waals surface area (Å²) in [4.78, 5) is 13.9. The molecular formula is C16H18N2O3S. The second-order valence-corrected chi connectivity index (χ2v) is 5.73. The summed E-state index contributed by atoms with van der Waals surface area (Å²) in [5.41, 5.74) is 2.43. The Morgan fingerprint density at radius 3 is 2.59 bits per heavy atom. The molecule has 0 radical (unpaired) electrons. The van der Waals surface area contributed by atoms with Crippen LogP contribution in [-0.4, -0.2) is 25.3 Å². The number of nitrogens with zero attached hydrogens (tertiary/aromatic N) is 1. The van der Waals surface area contributed by atoms with Crippen LogP contribution in [-0.2, 0) is 4.79 Å². The Bertz CT molecular complexity index is 652. The molecule has 1 amide bonds. The van der Waals surface area contributed by atoms with Gasteiger partial charge >= 0.3 is 0 Å². The van der Waals surface area contributed by atoms with E-state index >= 15 is 0 Å². The summed E-state index contributed by atoms with van der Waals surface area (Å²) in [6, 6.07) is 11.2. The molecule has 0 aliphatic carbocycles. The second-order valence-electron chi connectivity index (χ2n) is 4.41. The Morgan fingerprint density at radius 2 is 1.95 bits per heavy atom. The zero-order chi connectivity index (χ0) is 15.8. The number of hydrogen-bond donors (Lipinski definition) is 1. The zero-order valence-corrected chi connectivity index (χ0v) is 13.4. The van der Waals surface area contributed by atoms with E-state index in [2.05, 4.69) is 10.5 Å². The van der Waals surface area contributed by atoms with E-state index in [0.29, 0.717) is 18.1 Å². The molecule has 1 aromatic heterocycles. The minimum absolute atomic E-state index is 0.120. The molecule has 116 valence electrons. The third-order valence-electron chi connectivity index (χ3n) is 2.65. The van der Waals surface area contributed by atoms with Crippen molar-refractivity contribution in [3.8, 4) is 11.5 Å². The lowest BCUT2D eigenvalue weighted by Gasteiger charge is -2.10. The van der Waals surface area contributed by atoms with Gasteiger partial charge in [-0.1, -0.05) is 12.1 Å². The Hall–Kier alpha value is -2.34. The van der Waals surface area contributed by atoms with Crippen LogP contribution in [0.3, 0.4) is 0 Å². The maximum atomic E-state index is 11.7. The average Bonchev–Trinajstić information content (AvgIpc) is 2.92. The van der Waals surface area contributed by atoms with Crippen LogP contribution >= 0.6 is 11.3 Å². The van der Waals surface area contributed by atoms with Crippen LogP contribution in [0, 0.1) is 6.92 Å². The van der Waals surface area contributed by atoms with E-state index in [9.17, 15) is 4.79 Å². The number of nitrogens with one attached hydrogen (secondary N) is 1. The largest absolute Gasteiger partial charge is 0.490 e. The summed E-state index contributed by atoms with van der Waals surface area (Å²) in [7, 11) is 0. The number of benzene rings is 1. The van der Waals surface area contributed by atoms with Crippen LogP contribution in [0.25, 0.3) is 0 Å². The first kappa shape index (κ1) is 16.0. The molecule has 0 spiro atoms. The van der Waals surface area contributed by atoms with Crippen molar-refractivity contribution < 1.29 is 14.3 Å². The van der Waals surface area contributed by atoms with Gasteiger partial charge in [0.15, 0.2) is 18.1 Å². The Balaban J connectivity index is 1.81. The molecule has 0 unspecified atom stereocenters. The molecule has 0 aliphatic rings. The van der Waals surface area contributed by atoms with Crippen molar-refractivity contribution in [3.63, 3.8) is 0 Å². The van der Waals surface area contributed by atoms with Gasteiger partial charge in [0.2, 0.25) is 0 Å². The molecule has 1 aromatic carbocycles. The molecule has 0 atom stereocenters. The predicted octanol–water partition coefficient (Wildman–Crippen LogP) is 2.98.